The molecule has 0 aromatic heterocycles. The van der Waals surface area contributed by atoms with Crippen molar-refractivity contribution in [2.45, 2.75) is 18.9 Å². The second-order valence-corrected chi connectivity index (χ2v) is 3.76. The quantitative estimate of drug-likeness (QED) is 0.837. The molecular formula is C11H12F2O2. The zero-order valence-electron chi connectivity index (χ0n) is 8.34. The summed E-state index contributed by atoms with van der Waals surface area (Å²) in [6.45, 7) is 0. The van der Waals surface area contributed by atoms with Crippen LogP contribution in [0.1, 0.15) is 24.5 Å². The lowest BCUT2D eigenvalue weighted by molar-refractivity contribution is 0.144. The fourth-order valence-electron chi connectivity index (χ4n) is 1.65. The van der Waals surface area contributed by atoms with Crippen LogP contribution in [0.25, 0.3) is 0 Å². The Morgan fingerprint density at radius 1 is 1.40 bits per heavy atom. The molecule has 1 unspecified atom stereocenters. The number of rotatable bonds is 3. The van der Waals surface area contributed by atoms with E-state index in [-0.39, 0.29) is 17.2 Å². The lowest BCUT2D eigenvalue weighted by Gasteiger charge is -2.15. The van der Waals surface area contributed by atoms with E-state index in [1.807, 2.05) is 0 Å². The minimum Gasteiger partial charge on any atom is -0.496 e. The Morgan fingerprint density at radius 3 is 2.60 bits per heavy atom. The van der Waals surface area contributed by atoms with Crippen molar-refractivity contribution >= 4 is 0 Å². The number of methoxy groups -OCH3 is 1. The van der Waals surface area contributed by atoms with Crippen LogP contribution in [-0.2, 0) is 0 Å². The van der Waals surface area contributed by atoms with Crippen LogP contribution in [-0.4, -0.2) is 12.2 Å². The highest BCUT2D eigenvalue weighted by atomic mass is 19.2. The number of aliphatic hydroxyl groups is 1. The minimum absolute atomic E-state index is 0.0372. The van der Waals surface area contributed by atoms with Crippen molar-refractivity contribution in [2.24, 2.45) is 5.92 Å². The zero-order chi connectivity index (χ0) is 11.0. The number of halogens is 2. The van der Waals surface area contributed by atoms with Crippen molar-refractivity contribution in [3.8, 4) is 5.75 Å². The van der Waals surface area contributed by atoms with Crippen LogP contribution in [0.3, 0.4) is 0 Å². The predicted molar refractivity (Wildman–Crippen MR) is 50.6 cm³/mol. The van der Waals surface area contributed by atoms with Gasteiger partial charge in [0.25, 0.3) is 0 Å². The first-order valence-corrected chi connectivity index (χ1v) is 4.85. The molecule has 2 nitrogen and oxygen atoms in total. The van der Waals surface area contributed by atoms with Gasteiger partial charge in [0.15, 0.2) is 11.6 Å². The Bertz CT molecular complexity index is 375. The van der Waals surface area contributed by atoms with Crippen molar-refractivity contribution in [3.05, 3.63) is 29.3 Å². The molecule has 1 aromatic carbocycles. The number of hydrogen-bond donors (Lipinski definition) is 1. The number of ether oxygens (including phenoxy) is 1. The van der Waals surface area contributed by atoms with Gasteiger partial charge < -0.3 is 9.84 Å². The highest BCUT2D eigenvalue weighted by Gasteiger charge is 2.35. The maximum absolute atomic E-state index is 13.5. The van der Waals surface area contributed by atoms with E-state index >= 15 is 0 Å². The van der Waals surface area contributed by atoms with Crippen molar-refractivity contribution in [1.82, 2.24) is 0 Å². The summed E-state index contributed by atoms with van der Waals surface area (Å²) in [4.78, 5) is 0. The summed E-state index contributed by atoms with van der Waals surface area (Å²) in [5, 5.41) is 9.79. The van der Waals surface area contributed by atoms with E-state index in [0.717, 1.165) is 18.9 Å². The fraction of sp³-hybridized carbons (Fsp3) is 0.455. The molecule has 1 aliphatic carbocycles. The van der Waals surface area contributed by atoms with Crippen molar-refractivity contribution in [2.75, 3.05) is 7.11 Å². The summed E-state index contributed by atoms with van der Waals surface area (Å²) in [5.41, 5.74) is -0.0556. The average molecular weight is 214 g/mol. The van der Waals surface area contributed by atoms with Gasteiger partial charge in [-0.1, -0.05) is 0 Å². The number of aliphatic hydroxyl groups excluding tert-OH is 1. The topological polar surface area (TPSA) is 29.5 Å². The SMILES string of the molecule is COc1ccc(F)c(F)c1C(O)C1CC1. The predicted octanol–water partition coefficient (Wildman–Crippen LogP) is 2.42. The largest absolute Gasteiger partial charge is 0.496 e. The average Bonchev–Trinajstić information content (AvgIpc) is 3.04. The van der Waals surface area contributed by atoms with Gasteiger partial charge >= 0.3 is 0 Å². The maximum atomic E-state index is 13.5. The van der Waals surface area contributed by atoms with Gasteiger partial charge in [0, 0.05) is 0 Å². The molecule has 82 valence electrons. The van der Waals surface area contributed by atoms with Gasteiger partial charge in [-0.2, -0.15) is 0 Å². The third kappa shape index (κ3) is 1.81. The highest BCUT2D eigenvalue weighted by Crippen LogP contribution is 2.44. The number of benzene rings is 1. The standard InChI is InChI=1S/C11H12F2O2/c1-15-8-5-4-7(12)10(13)9(8)11(14)6-2-3-6/h4-6,11,14H,2-3H2,1H3. The van der Waals surface area contributed by atoms with Crippen LogP contribution in [0.5, 0.6) is 5.75 Å². The van der Waals surface area contributed by atoms with Gasteiger partial charge in [-0.05, 0) is 30.9 Å². The van der Waals surface area contributed by atoms with Crippen molar-refractivity contribution < 1.29 is 18.6 Å². The van der Waals surface area contributed by atoms with Crippen molar-refractivity contribution in [1.29, 1.82) is 0 Å². The molecule has 1 atom stereocenters. The monoisotopic (exact) mass is 214 g/mol. The van der Waals surface area contributed by atoms with Crippen LogP contribution in [0.4, 0.5) is 8.78 Å². The van der Waals surface area contributed by atoms with Gasteiger partial charge in [-0.15, -0.1) is 0 Å². The molecule has 0 spiro atoms. The smallest absolute Gasteiger partial charge is 0.168 e. The molecule has 0 bridgehead atoms. The molecule has 1 N–H and O–H groups in total. The molecule has 0 amide bonds. The summed E-state index contributed by atoms with van der Waals surface area (Å²) >= 11 is 0. The normalized spacial score (nSPS) is 17.6. The van der Waals surface area contributed by atoms with E-state index in [4.69, 9.17) is 4.74 Å². The minimum atomic E-state index is -1.01. The molecule has 0 radical (unpaired) electrons. The van der Waals surface area contributed by atoms with Gasteiger partial charge in [-0.25, -0.2) is 8.78 Å². The summed E-state index contributed by atoms with van der Waals surface area (Å²) in [5.74, 6) is -1.72. The first kappa shape index (κ1) is 10.4. The third-order valence-electron chi connectivity index (χ3n) is 2.68. The van der Waals surface area contributed by atoms with Gasteiger partial charge in [0.2, 0.25) is 0 Å². The fourth-order valence-corrected chi connectivity index (χ4v) is 1.65. The lowest BCUT2D eigenvalue weighted by atomic mass is 10.0. The second-order valence-electron chi connectivity index (χ2n) is 3.76. The molecule has 2 rings (SSSR count). The van der Waals surface area contributed by atoms with Crippen LogP contribution in [0.2, 0.25) is 0 Å². The Labute approximate surface area is 86.5 Å². The van der Waals surface area contributed by atoms with E-state index in [1.165, 1.54) is 13.2 Å². The van der Waals surface area contributed by atoms with E-state index < -0.39 is 17.7 Å². The van der Waals surface area contributed by atoms with Crippen LogP contribution in [0, 0.1) is 17.6 Å². The molecule has 1 fully saturated rings. The highest BCUT2D eigenvalue weighted by molar-refractivity contribution is 5.37. The molecule has 4 heteroatoms. The Hall–Kier alpha value is -1.16. The van der Waals surface area contributed by atoms with Gasteiger partial charge in [0.1, 0.15) is 5.75 Å². The summed E-state index contributed by atoms with van der Waals surface area (Å²) in [6, 6.07) is 2.33. The number of hydrogen-bond acceptors (Lipinski definition) is 2. The second kappa shape index (κ2) is 3.77. The summed E-state index contributed by atoms with van der Waals surface area (Å²) in [7, 11) is 1.37. The van der Waals surface area contributed by atoms with Crippen LogP contribution < -0.4 is 4.74 Å². The molecule has 1 aliphatic rings. The molecule has 15 heavy (non-hydrogen) atoms. The van der Waals surface area contributed by atoms with E-state index in [9.17, 15) is 13.9 Å². The van der Waals surface area contributed by atoms with E-state index in [2.05, 4.69) is 0 Å². The molecule has 1 saturated carbocycles. The van der Waals surface area contributed by atoms with E-state index in [0.29, 0.717) is 0 Å². The van der Waals surface area contributed by atoms with Crippen LogP contribution >= 0.6 is 0 Å². The Morgan fingerprint density at radius 2 is 2.07 bits per heavy atom. The Kier molecular flexibility index (Phi) is 2.61. The van der Waals surface area contributed by atoms with Crippen molar-refractivity contribution in [3.63, 3.8) is 0 Å². The lowest BCUT2D eigenvalue weighted by Crippen LogP contribution is -2.07. The zero-order valence-corrected chi connectivity index (χ0v) is 8.34. The Balaban J connectivity index is 2.45. The maximum Gasteiger partial charge on any atom is 0.168 e. The molecule has 0 saturated heterocycles. The molecule has 0 aliphatic heterocycles. The van der Waals surface area contributed by atoms with Gasteiger partial charge in [0.05, 0.1) is 18.8 Å². The molecule has 0 heterocycles. The summed E-state index contributed by atoms with van der Waals surface area (Å²) in [6.07, 6.45) is 0.733. The first-order valence-electron chi connectivity index (χ1n) is 4.85. The van der Waals surface area contributed by atoms with Crippen LogP contribution in [0.15, 0.2) is 12.1 Å². The molecule has 1 aromatic rings. The first-order chi connectivity index (χ1) is 7.15. The van der Waals surface area contributed by atoms with Gasteiger partial charge in [-0.3, -0.25) is 0 Å². The van der Waals surface area contributed by atoms with E-state index in [1.54, 1.807) is 0 Å². The third-order valence-corrected chi connectivity index (χ3v) is 2.68. The summed E-state index contributed by atoms with van der Waals surface area (Å²) < 4.78 is 31.4. The molecular weight excluding hydrogens is 202 g/mol.